The zero-order valence-corrected chi connectivity index (χ0v) is 22.3. The van der Waals surface area contributed by atoms with Crippen LogP contribution < -0.4 is 26.9 Å². The number of amides is 3. The normalized spacial score (nSPS) is 20.9. The third-order valence-corrected chi connectivity index (χ3v) is 7.94. The molecule has 4 atom stereocenters. The van der Waals surface area contributed by atoms with Gasteiger partial charge in [-0.25, -0.2) is 0 Å². The molecule has 2 aliphatic heterocycles. The van der Waals surface area contributed by atoms with Crippen LogP contribution in [0.25, 0.3) is 0 Å². The Morgan fingerprint density at radius 3 is 1.98 bits per heavy atom. The van der Waals surface area contributed by atoms with E-state index in [1.54, 1.807) is 31.2 Å². The van der Waals surface area contributed by atoms with Crippen LogP contribution >= 0.6 is 0 Å². The first-order valence-corrected chi connectivity index (χ1v) is 13.4. The van der Waals surface area contributed by atoms with Gasteiger partial charge in [0.15, 0.2) is 0 Å². The third kappa shape index (κ3) is 5.68. The van der Waals surface area contributed by atoms with Gasteiger partial charge in [0.25, 0.3) is 11.8 Å². The van der Waals surface area contributed by atoms with Crippen molar-refractivity contribution in [3.8, 4) is 0 Å². The van der Waals surface area contributed by atoms with E-state index in [0.717, 1.165) is 17.5 Å². The van der Waals surface area contributed by atoms with Crippen molar-refractivity contribution in [2.45, 2.75) is 64.4 Å². The lowest BCUT2D eigenvalue weighted by atomic mass is 9.78. The number of nitrogens with one attached hydrogen (secondary N) is 3. The number of benzene rings is 2. The van der Waals surface area contributed by atoms with E-state index in [4.69, 9.17) is 9.31 Å². The molecule has 3 aliphatic rings. The molecule has 1 aliphatic carbocycles. The summed E-state index contributed by atoms with van der Waals surface area (Å²) >= 11 is 0. The molecule has 2 heterocycles. The molecule has 0 spiro atoms. The molecule has 2 aromatic rings. The van der Waals surface area contributed by atoms with Crippen LogP contribution in [-0.2, 0) is 32.1 Å². The quantitative estimate of drug-likeness (QED) is 0.261. The van der Waals surface area contributed by atoms with E-state index in [1.165, 1.54) is 19.1 Å². The maximum atomic E-state index is 13.5. The molecule has 2 aromatic carbocycles. The number of hydrogen-bond acceptors (Lipinski definition) is 8. The highest BCUT2D eigenvalue weighted by molar-refractivity contribution is 6.62. The van der Waals surface area contributed by atoms with Crippen molar-refractivity contribution in [3.05, 3.63) is 58.7 Å². The summed E-state index contributed by atoms with van der Waals surface area (Å²) in [7, 11) is -2.25. The minimum absolute atomic E-state index is 0.00793. The van der Waals surface area contributed by atoms with Gasteiger partial charge in [-0.15, -0.1) is 0 Å². The van der Waals surface area contributed by atoms with Crippen LogP contribution in [0.1, 0.15) is 65.0 Å². The van der Waals surface area contributed by atoms with Gasteiger partial charge < -0.3 is 35.3 Å². The summed E-state index contributed by atoms with van der Waals surface area (Å²) in [4.78, 5) is 52.0. The first kappa shape index (κ1) is 28.0. The number of rotatable bonds is 8. The van der Waals surface area contributed by atoms with Crippen molar-refractivity contribution in [1.29, 1.82) is 0 Å². The highest BCUT2D eigenvalue weighted by atomic mass is 16.5. The molecule has 0 radical (unpaired) electrons. The van der Waals surface area contributed by atoms with Crippen LogP contribution in [0.4, 0.5) is 0 Å². The third-order valence-electron chi connectivity index (χ3n) is 7.94. The van der Waals surface area contributed by atoms with Crippen molar-refractivity contribution in [1.82, 2.24) is 16.0 Å². The van der Waals surface area contributed by atoms with Crippen LogP contribution in [0.15, 0.2) is 36.4 Å². The highest BCUT2D eigenvalue weighted by Crippen LogP contribution is 2.26. The maximum Gasteiger partial charge on any atom is 0.491 e. The monoisotopic (exact) mass is 547 g/mol. The van der Waals surface area contributed by atoms with Crippen molar-refractivity contribution in [2.24, 2.45) is 5.92 Å². The second kappa shape index (κ2) is 11.5. The first-order valence-electron chi connectivity index (χ1n) is 13.4. The number of Topliss-reactive ketones (excluding diaryl/α,β-unsaturated/α-hetero) is 1. The Labute approximate surface area is 232 Å². The molecule has 5 rings (SSSR count). The molecule has 208 valence electrons. The van der Waals surface area contributed by atoms with Gasteiger partial charge >= 0.3 is 14.2 Å². The van der Waals surface area contributed by atoms with E-state index >= 15 is 0 Å². The number of carbonyl (C=O) groups is 4. The van der Waals surface area contributed by atoms with Crippen molar-refractivity contribution < 1.29 is 38.5 Å². The lowest BCUT2D eigenvalue weighted by Crippen LogP contribution is -2.59. The second-order valence-corrected chi connectivity index (χ2v) is 10.6. The molecule has 3 amide bonds. The number of carbonyl (C=O) groups excluding carboxylic acids is 4. The topological polar surface area (TPSA) is 163 Å². The average Bonchev–Trinajstić information content (AvgIpc) is 3.65. The fraction of sp³-hybridized carbons (Fsp3) is 0.407. The summed E-state index contributed by atoms with van der Waals surface area (Å²) in [5, 5.41) is 28.5. The molecule has 13 heteroatoms. The SMILES string of the molecule is CC(=O)C1CCC[C@@H]1NC(=O)[C@@H](NC(=O)c1ccc2c(c1)B(O)OC2)[C@H](C)NC(=O)c1ccc2c(c1)B(O)OC2. The van der Waals surface area contributed by atoms with Crippen LogP contribution in [0, 0.1) is 5.92 Å². The van der Waals surface area contributed by atoms with Gasteiger partial charge in [-0.3, -0.25) is 19.2 Å². The summed E-state index contributed by atoms with van der Waals surface area (Å²) in [6, 6.07) is 7.22. The number of hydrogen-bond donors (Lipinski definition) is 5. The Balaban J connectivity index is 1.35. The Bertz CT molecular complexity index is 1360. The summed E-state index contributed by atoms with van der Waals surface area (Å²) in [5.41, 5.74) is 3.01. The van der Waals surface area contributed by atoms with Gasteiger partial charge in [0, 0.05) is 23.1 Å². The van der Waals surface area contributed by atoms with E-state index in [2.05, 4.69) is 16.0 Å². The molecular weight excluding hydrogens is 516 g/mol. The zero-order valence-electron chi connectivity index (χ0n) is 22.3. The summed E-state index contributed by atoms with van der Waals surface area (Å²) in [5.74, 6) is -1.91. The van der Waals surface area contributed by atoms with Crippen molar-refractivity contribution in [3.63, 3.8) is 0 Å². The summed E-state index contributed by atoms with van der Waals surface area (Å²) < 4.78 is 10.4. The van der Waals surface area contributed by atoms with E-state index in [-0.39, 0.29) is 42.1 Å². The van der Waals surface area contributed by atoms with Gasteiger partial charge in [0.2, 0.25) is 5.91 Å². The largest absolute Gasteiger partial charge is 0.491 e. The van der Waals surface area contributed by atoms with E-state index in [9.17, 15) is 29.2 Å². The van der Waals surface area contributed by atoms with Gasteiger partial charge in [-0.05, 0) is 73.0 Å². The lowest BCUT2D eigenvalue weighted by molar-refractivity contribution is -0.125. The van der Waals surface area contributed by atoms with E-state index < -0.39 is 44.0 Å². The number of ketones is 1. The molecule has 1 unspecified atom stereocenters. The Morgan fingerprint density at radius 1 is 0.875 bits per heavy atom. The summed E-state index contributed by atoms with van der Waals surface area (Å²) in [6.07, 6.45) is 2.11. The van der Waals surface area contributed by atoms with Gasteiger partial charge in [-0.1, -0.05) is 18.6 Å². The standard InChI is InChI=1S/C27H31B2N3O8/c1-14(30-25(34)16-6-8-18-12-39-28(37)21(18)10-16)24(27(36)31-23-5-3-4-20(23)15(2)33)32-26(35)17-7-9-19-13-40-29(38)22(19)11-17/h6-11,14,20,23-24,37-38H,3-5,12-13H2,1-2H3,(H,30,34)(H,31,36)(H,32,35)/t14-,20?,23-,24-/m0/s1. The van der Waals surface area contributed by atoms with Crippen LogP contribution in [0.3, 0.4) is 0 Å². The Kier molecular flexibility index (Phi) is 8.09. The molecule has 1 saturated carbocycles. The molecule has 40 heavy (non-hydrogen) atoms. The van der Waals surface area contributed by atoms with Crippen molar-refractivity contribution in [2.75, 3.05) is 0 Å². The highest BCUT2D eigenvalue weighted by Gasteiger charge is 2.36. The fourth-order valence-electron chi connectivity index (χ4n) is 5.62. The van der Waals surface area contributed by atoms with E-state index in [0.29, 0.717) is 23.8 Å². The van der Waals surface area contributed by atoms with Gasteiger partial charge in [0.05, 0.1) is 19.3 Å². The van der Waals surface area contributed by atoms with Crippen LogP contribution in [0.5, 0.6) is 0 Å². The van der Waals surface area contributed by atoms with Gasteiger partial charge in [-0.2, -0.15) is 0 Å². The fourth-order valence-corrected chi connectivity index (χ4v) is 5.62. The minimum Gasteiger partial charge on any atom is -0.423 e. The van der Waals surface area contributed by atoms with Crippen LogP contribution in [0.2, 0.25) is 0 Å². The Hall–Kier alpha value is -3.51. The molecule has 1 fully saturated rings. The van der Waals surface area contributed by atoms with Crippen LogP contribution in [-0.4, -0.2) is 65.9 Å². The van der Waals surface area contributed by atoms with E-state index in [1.807, 2.05) is 0 Å². The predicted octanol–water partition coefficient (Wildman–Crippen LogP) is -1.09. The molecular formula is C27H31B2N3O8. The summed E-state index contributed by atoms with van der Waals surface area (Å²) in [6.45, 7) is 3.58. The first-order chi connectivity index (χ1) is 19.1. The maximum absolute atomic E-state index is 13.5. The molecule has 0 bridgehead atoms. The Morgan fingerprint density at radius 2 is 1.43 bits per heavy atom. The smallest absolute Gasteiger partial charge is 0.423 e. The lowest BCUT2D eigenvalue weighted by Gasteiger charge is -2.28. The zero-order chi connectivity index (χ0) is 28.6. The second-order valence-electron chi connectivity index (χ2n) is 10.6. The predicted molar refractivity (Wildman–Crippen MR) is 146 cm³/mol. The van der Waals surface area contributed by atoms with Gasteiger partial charge in [0.1, 0.15) is 11.8 Å². The molecule has 0 saturated heterocycles. The van der Waals surface area contributed by atoms with Crippen molar-refractivity contribution >= 4 is 48.7 Å². The average molecular weight is 547 g/mol. The minimum atomic E-state index is -1.18. The molecule has 0 aromatic heterocycles. The molecule has 11 nitrogen and oxygen atoms in total. The molecule has 5 N–H and O–H groups in total. The number of fused-ring (bicyclic) bond motifs is 2.